The number of carbonyl (C=O) groups excluding carboxylic acids is 2. The first kappa shape index (κ1) is 17.1. The van der Waals surface area contributed by atoms with Crippen molar-refractivity contribution in [3.8, 4) is 0 Å². The Kier molecular flexibility index (Phi) is 6.05. The average molecular weight is 415 g/mol. The third-order valence-electron chi connectivity index (χ3n) is 3.68. The molecular weight excluding hydrogens is 393 g/mol. The molecule has 2 N–H and O–H groups in total. The van der Waals surface area contributed by atoms with Crippen molar-refractivity contribution in [3.63, 3.8) is 0 Å². The summed E-state index contributed by atoms with van der Waals surface area (Å²) >= 11 is 2.23. The lowest BCUT2D eigenvalue weighted by atomic mass is 9.96. The smallest absolute Gasteiger partial charge is 0.321 e. The number of carbonyl (C=O) groups is 2. The van der Waals surface area contributed by atoms with Crippen LogP contribution in [-0.2, 0) is 4.79 Å². The van der Waals surface area contributed by atoms with Gasteiger partial charge in [-0.25, -0.2) is 4.79 Å². The van der Waals surface area contributed by atoms with Gasteiger partial charge in [0.05, 0.1) is 0 Å². The number of nitrogens with one attached hydrogen (secondary N) is 2. The van der Waals surface area contributed by atoms with Crippen molar-refractivity contribution in [2.45, 2.75) is 32.7 Å². The van der Waals surface area contributed by atoms with Gasteiger partial charge in [0.15, 0.2) is 0 Å². The van der Waals surface area contributed by atoms with Crippen LogP contribution < -0.4 is 10.6 Å². The van der Waals surface area contributed by atoms with E-state index < -0.39 is 0 Å². The number of nitrogens with zero attached hydrogens (tertiary/aromatic N) is 1. The van der Waals surface area contributed by atoms with E-state index >= 15 is 0 Å². The molecule has 0 spiro atoms. The quantitative estimate of drug-likeness (QED) is 0.746. The summed E-state index contributed by atoms with van der Waals surface area (Å²) in [5.41, 5.74) is 0.796. The zero-order valence-corrected chi connectivity index (χ0v) is 15.1. The number of amides is 3. The maximum absolute atomic E-state index is 12.2. The number of anilines is 1. The van der Waals surface area contributed by atoms with Crippen LogP contribution in [0.5, 0.6) is 0 Å². The monoisotopic (exact) mass is 415 g/mol. The van der Waals surface area contributed by atoms with E-state index in [1.54, 1.807) is 4.90 Å². The largest absolute Gasteiger partial charge is 0.354 e. The summed E-state index contributed by atoms with van der Waals surface area (Å²) in [4.78, 5) is 26.0. The Bertz CT molecular complexity index is 523. The first-order chi connectivity index (χ1) is 10.5. The molecule has 120 valence electrons. The van der Waals surface area contributed by atoms with Crippen LogP contribution in [0.2, 0.25) is 0 Å². The molecule has 22 heavy (non-hydrogen) atoms. The Morgan fingerprint density at radius 3 is 2.32 bits per heavy atom. The van der Waals surface area contributed by atoms with Gasteiger partial charge in [0.25, 0.3) is 0 Å². The number of hydrogen-bond acceptors (Lipinski definition) is 2. The summed E-state index contributed by atoms with van der Waals surface area (Å²) in [6.07, 6.45) is 1.44. The van der Waals surface area contributed by atoms with Crippen LogP contribution in [0.3, 0.4) is 0 Å². The standard InChI is InChI=1S/C16H22IN3O2/c1-11(2)18-15(21)12-7-9-20(10-8-12)16(22)19-14-5-3-13(17)4-6-14/h3-6,11-12H,7-10H2,1-2H3,(H,18,21)(H,19,22). The number of halogens is 1. The summed E-state index contributed by atoms with van der Waals surface area (Å²) < 4.78 is 1.13. The second kappa shape index (κ2) is 7.80. The Hall–Kier alpha value is -1.31. The number of likely N-dealkylation sites (tertiary alicyclic amines) is 1. The highest BCUT2D eigenvalue weighted by Gasteiger charge is 2.27. The fraction of sp³-hybridized carbons (Fsp3) is 0.500. The molecular formula is C16H22IN3O2. The summed E-state index contributed by atoms with van der Waals surface area (Å²) in [6, 6.07) is 7.76. The average Bonchev–Trinajstić information content (AvgIpc) is 2.49. The van der Waals surface area contributed by atoms with Gasteiger partial charge in [-0.15, -0.1) is 0 Å². The van der Waals surface area contributed by atoms with E-state index in [4.69, 9.17) is 0 Å². The fourth-order valence-corrected chi connectivity index (χ4v) is 2.84. The van der Waals surface area contributed by atoms with Crippen LogP contribution in [0.15, 0.2) is 24.3 Å². The minimum atomic E-state index is -0.0936. The predicted octanol–water partition coefficient (Wildman–Crippen LogP) is 3.06. The van der Waals surface area contributed by atoms with E-state index in [-0.39, 0.29) is 23.9 Å². The Morgan fingerprint density at radius 2 is 1.77 bits per heavy atom. The van der Waals surface area contributed by atoms with Crippen molar-refractivity contribution in [2.24, 2.45) is 5.92 Å². The predicted molar refractivity (Wildman–Crippen MR) is 95.8 cm³/mol. The van der Waals surface area contributed by atoms with Gasteiger partial charge in [0.2, 0.25) is 5.91 Å². The number of benzene rings is 1. The summed E-state index contributed by atoms with van der Waals surface area (Å²) in [5.74, 6) is 0.123. The molecule has 0 aliphatic carbocycles. The molecule has 1 saturated heterocycles. The van der Waals surface area contributed by atoms with Gasteiger partial charge in [0.1, 0.15) is 0 Å². The normalized spacial score (nSPS) is 15.7. The van der Waals surface area contributed by atoms with Gasteiger partial charge in [-0.1, -0.05) is 0 Å². The van der Waals surface area contributed by atoms with Gasteiger partial charge >= 0.3 is 6.03 Å². The molecule has 5 nitrogen and oxygen atoms in total. The maximum atomic E-state index is 12.2. The van der Waals surface area contributed by atoms with Crippen LogP contribution >= 0.6 is 22.6 Å². The van der Waals surface area contributed by atoms with Crippen LogP contribution in [0, 0.1) is 9.49 Å². The lowest BCUT2D eigenvalue weighted by Gasteiger charge is -2.31. The minimum Gasteiger partial charge on any atom is -0.354 e. The van der Waals surface area contributed by atoms with Gasteiger partial charge in [-0.05, 0) is 73.5 Å². The molecule has 1 aromatic rings. The number of urea groups is 1. The molecule has 3 amide bonds. The SMILES string of the molecule is CC(C)NC(=O)C1CCN(C(=O)Nc2ccc(I)cc2)CC1. The first-order valence-electron chi connectivity index (χ1n) is 7.57. The Balaban J connectivity index is 1.82. The topological polar surface area (TPSA) is 61.4 Å². The van der Waals surface area contributed by atoms with Crippen molar-refractivity contribution < 1.29 is 9.59 Å². The first-order valence-corrected chi connectivity index (χ1v) is 8.65. The maximum Gasteiger partial charge on any atom is 0.321 e. The molecule has 0 saturated carbocycles. The second-order valence-electron chi connectivity index (χ2n) is 5.86. The van der Waals surface area contributed by atoms with E-state index in [1.807, 2.05) is 38.1 Å². The summed E-state index contributed by atoms with van der Waals surface area (Å²) in [7, 11) is 0. The van der Waals surface area contributed by atoms with Gasteiger partial charge in [-0.2, -0.15) is 0 Å². The van der Waals surface area contributed by atoms with Crippen molar-refractivity contribution in [2.75, 3.05) is 18.4 Å². The molecule has 6 heteroatoms. The van der Waals surface area contributed by atoms with E-state index in [2.05, 4.69) is 33.2 Å². The van der Waals surface area contributed by atoms with Gasteiger partial charge in [-0.3, -0.25) is 4.79 Å². The fourth-order valence-electron chi connectivity index (χ4n) is 2.48. The molecule has 1 aliphatic rings. The molecule has 1 fully saturated rings. The van der Waals surface area contributed by atoms with Crippen LogP contribution in [0.25, 0.3) is 0 Å². The zero-order chi connectivity index (χ0) is 16.1. The Morgan fingerprint density at radius 1 is 1.18 bits per heavy atom. The molecule has 2 rings (SSSR count). The van der Waals surface area contributed by atoms with Gasteiger partial charge < -0.3 is 15.5 Å². The molecule has 1 aromatic carbocycles. The summed E-state index contributed by atoms with van der Waals surface area (Å²) in [5, 5.41) is 5.84. The van der Waals surface area contributed by atoms with E-state index in [9.17, 15) is 9.59 Å². The lowest BCUT2D eigenvalue weighted by Crippen LogP contribution is -2.45. The molecule has 0 radical (unpaired) electrons. The lowest BCUT2D eigenvalue weighted by molar-refractivity contribution is -0.126. The van der Waals surface area contributed by atoms with Gasteiger partial charge in [0, 0.05) is 34.3 Å². The van der Waals surface area contributed by atoms with E-state index in [1.165, 1.54) is 0 Å². The summed E-state index contributed by atoms with van der Waals surface area (Å²) in [6.45, 7) is 5.15. The highest BCUT2D eigenvalue weighted by Crippen LogP contribution is 2.19. The third-order valence-corrected chi connectivity index (χ3v) is 4.40. The molecule has 0 aromatic heterocycles. The van der Waals surface area contributed by atoms with Crippen LogP contribution in [-0.4, -0.2) is 36.0 Å². The zero-order valence-electron chi connectivity index (χ0n) is 12.9. The van der Waals surface area contributed by atoms with Crippen LogP contribution in [0.1, 0.15) is 26.7 Å². The molecule has 1 heterocycles. The van der Waals surface area contributed by atoms with Crippen molar-refractivity contribution >= 4 is 40.2 Å². The minimum absolute atomic E-state index is 0.0183. The number of hydrogen-bond donors (Lipinski definition) is 2. The highest BCUT2D eigenvalue weighted by molar-refractivity contribution is 14.1. The second-order valence-corrected chi connectivity index (χ2v) is 7.11. The molecule has 0 atom stereocenters. The van der Waals surface area contributed by atoms with Crippen molar-refractivity contribution in [3.05, 3.63) is 27.8 Å². The van der Waals surface area contributed by atoms with Crippen LogP contribution in [0.4, 0.5) is 10.5 Å². The van der Waals surface area contributed by atoms with E-state index in [0.717, 1.165) is 22.1 Å². The Labute approximate surface area is 145 Å². The third kappa shape index (κ3) is 4.86. The molecule has 1 aliphatic heterocycles. The molecule has 0 unspecified atom stereocenters. The molecule has 0 bridgehead atoms. The van der Waals surface area contributed by atoms with E-state index in [0.29, 0.717) is 13.1 Å². The number of piperidine rings is 1. The number of rotatable bonds is 3. The van der Waals surface area contributed by atoms with Crippen molar-refractivity contribution in [1.29, 1.82) is 0 Å². The van der Waals surface area contributed by atoms with Crippen molar-refractivity contribution in [1.82, 2.24) is 10.2 Å². The highest BCUT2D eigenvalue weighted by atomic mass is 127.